The van der Waals surface area contributed by atoms with Crippen molar-refractivity contribution in [2.75, 3.05) is 65.9 Å². The summed E-state index contributed by atoms with van der Waals surface area (Å²) in [5.41, 5.74) is 1.74. The number of rotatable bonds is 21. The van der Waals surface area contributed by atoms with E-state index in [2.05, 4.69) is 31.0 Å². The second-order valence-electron chi connectivity index (χ2n) is 9.21. The number of nitrogens with one attached hydrogen (secondary N) is 2. The number of nitrogens with zero attached hydrogens (tertiary/aromatic N) is 5. The minimum atomic E-state index is -0.403. The third kappa shape index (κ3) is 13.1. The van der Waals surface area contributed by atoms with Crippen LogP contribution < -0.4 is 10.6 Å². The van der Waals surface area contributed by atoms with Crippen LogP contribution in [0.15, 0.2) is 36.4 Å². The molecule has 0 saturated heterocycles. The highest BCUT2D eigenvalue weighted by molar-refractivity contribution is 6.13. The zero-order valence-electron chi connectivity index (χ0n) is 24.2. The molecule has 2 aromatic rings. The highest BCUT2D eigenvalue weighted by Crippen LogP contribution is 2.14. The smallest absolute Gasteiger partial charge is 0.253 e. The first-order chi connectivity index (χ1) is 20.9. The van der Waals surface area contributed by atoms with Gasteiger partial charge in [0.25, 0.3) is 11.8 Å². The molecular weight excluding hydrogens is 562 g/mol. The third-order valence-electron chi connectivity index (χ3n) is 5.90. The topological polar surface area (TPSA) is 184 Å². The molecule has 0 bridgehead atoms. The molecule has 0 atom stereocenters. The van der Waals surface area contributed by atoms with Crippen molar-refractivity contribution < 1.29 is 38.1 Å². The summed E-state index contributed by atoms with van der Waals surface area (Å²) in [4.78, 5) is 47.7. The lowest BCUT2D eigenvalue weighted by Crippen LogP contribution is -2.35. The second kappa shape index (κ2) is 19.1. The minimum absolute atomic E-state index is 0.0439. The van der Waals surface area contributed by atoms with E-state index in [-0.39, 0.29) is 31.2 Å². The summed E-state index contributed by atoms with van der Waals surface area (Å²) in [5, 5.41) is 21.3. The lowest BCUT2D eigenvalue weighted by molar-refractivity contribution is -0.137. The van der Waals surface area contributed by atoms with Crippen LogP contribution in [-0.2, 0) is 44.7 Å². The summed E-state index contributed by atoms with van der Waals surface area (Å²) in [6.45, 7) is 5.42. The first kappa shape index (κ1) is 33.3. The highest BCUT2D eigenvalue weighted by Gasteiger charge is 2.23. The molecule has 2 heterocycles. The van der Waals surface area contributed by atoms with Crippen molar-refractivity contribution >= 4 is 23.6 Å². The van der Waals surface area contributed by atoms with Gasteiger partial charge in [0, 0.05) is 50.2 Å². The summed E-state index contributed by atoms with van der Waals surface area (Å²) in [6, 6.07) is 7.49. The van der Waals surface area contributed by atoms with Crippen molar-refractivity contribution in [2.45, 2.75) is 26.3 Å². The number of aromatic nitrogens is 4. The zero-order valence-corrected chi connectivity index (χ0v) is 24.2. The lowest BCUT2D eigenvalue weighted by Gasteiger charge is -2.13. The van der Waals surface area contributed by atoms with Gasteiger partial charge in [-0.15, -0.1) is 20.4 Å². The molecule has 43 heavy (non-hydrogen) atoms. The number of carbonyl (C=O) groups excluding carboxylic acids is 4. The summed E-state index contributed by atoms with van der Waals surface area (Å²) >= 11 is 0. The maximum atomic E-state index is 12.0. The first-order valence-electron chi connectivity index (χ1n) is 13.9. The van der Waals surface area contributed by atoms with Gasteiger partial charge < -0.3 is 29.6 Å². The Hall–Kier alpha value is -4.18. The number of hydrogen-bond acceptors (Lipinski definition) is 12. The fraction of sp³-hybridized carbons (Fsp3) is 0.500. The predicted octanol–water partition coefficient (Wildman–Crippen LogP) is -0.254. The van der Waals surface area contributed by atoms with Crippen LogP contribution in [0, 0.1) is 6.92 Å². The Balaban J connectivity index is 1.06. The molecule has 1 aromatic carbocycles. The van der Waals surface area contributed by atoms with Crippen molar-refractivity contribution in [1.82, 2.24) is 35.9 Å². The van der Waals surface area contributed by atoms with Crippen LogP contribution in [0.4, 0.5) is 0 Å². The predicted molar refractivity (Wildman–Crippen MR) is 151 cm³/mol. The Bertz CT molecular complexity index is 1190. The molecule has 232 valence electrons. The number of carbonyl (C=O) groups is 4. The van der Waals surface area contributed by atoms with Crippen LogP contribution in [0.25, 0.3) is 11.4 Å². The van der Waals surface area contributed by atoms with E-state index >= 15 is 0 Å². The quantitative estimate of drug-likeness (QED) is 0.142. The van der Waals surface area contributed by atoms with E-state index in [0.29, 0.717) is 77.6 Å². The Labute approximate surface area is 249 Å². The van der Waals surface area contributed by atoms with Gasteiger partial charge in [-0.3, -0.25) is 24.1 Å². The number of hydrogen-bond donors (Lipinski definition) is 2. The molecule has 3 rings (SSSR count). The van der Waals surface area contributed by atoms with E-state index < -0.39 is 11.8 Å². The Kier molecular flexibility index (Phi) is 14.8. The molecule has 0 aliphatic carbocycles. The van der Waals surface area contributed by atoms with Gasteiger partial charge >= 0.3 is 0 Å². The SMILES string of the molecule is Cc1nnc(-c2ccc(CNC(=O)CCOCCOCCOCCOCCNC(=O)CCN3C(=O)C=CC3=O)cc2)nn1. The van der Waals surface area contributed by atoms with Crippen molar-refractivity contribution in [3.8, 4) is 11.4 Å². The molecule has 2 N–H and O–H groups in total. The van der Waals surface area contributed by atoms with Gasteiger partial charge in [-0.25, -0.2) is 0 Å². The average molecular weight is 600 g/mol. The van der Waals surface area contributed by atoms with Gasteiger partial charge in [0.2, 0.25) is 17.6 Å². The van der Waals surface area contributed by atoms with Crippen LogP contribution in [0.2, 0.25) is 0 Å². The number of imide groups is 1. The maximum absolute atomic E-state index is 12.0. The van der Waals surface area contributed by atoms with Crippen molar-refractivity contribution in [3.63, 3.8) is 0 Å². The Morgan fingerprint density at radius 2 is 1.23 bits per heavy atom. The van der Waals surface area contributed by atoms with Crippen molar-refractivity contribution in [2.24, 2.45) is 0 Å². The Morgan fingerprint density at radius 1 is 0.698 bits per heavy atom. The molecule has 0 unspecified atom stereocenters. The number of amides is 4. The summed E-state index contributed by atoms with van der Waals surface area (Å²) in [7, 11) is 0. The van der Waals surface area contributed by atoms with Gasteiger partial charge in [-0.1, -0.05) is 24.3 Å². The fourth-order valence-corrected chi connectivity index (χ4v) is 3.60. The normalized spacial score (nSPS) is 12.6. The van der Waals surface area contributed by atoms with Crippen molar-refractivity contribution in [1.29, 1.82) is 0 Å². The Morgan fingerprint density at radius 3 is 1.84 bits per heavy atom. The van der Waals surface area contributed by atoms with Crippen molar-refractivity contribution in [3.05, 3.63) is 47.8 Å². The molecule has 0 radical (unpaired) electrons. The minimum Gasteiger partial charge on any atom is -0.379 e. The summed E-state index contributed by atoms with van der Waals surface area (Å²) < 4.78 is 21.7. The van der Waals surface area contributed by atoms with Gasteiger partial charge in [-0.2, -0.15) is 0 Å². The maximum Gasteiger partial charge on any atom is 0.253 e. The molecule has 1 aliphatic rings. The first-order valence-corrected chi connectivity index (χ1v) is 13.9. The number of benzene rings is 1. The van der Waals surface area contributed by atoms with Gasteiger partial charge in [0.05, 0.1) is 52.9 Å². The van der Waals surface area contributed by atoms with Crippen LogP contribution in [0.3, 0.4) is 0 Å². The molecule has 15 nitrogen and oxygen atoms in total. The van der Waals surface area contributed by atoms with Gasteiger partial charge in [0.15, 0.2) is 5.82 Å². The molecule has 1 aliphatic heterocycles. The van der Waals surface area contributed by atoms with Gasteiger partial charge in [-0.05, 0) is 12.5 Å². The molecule has 4 amide bonds. The zero-order chi connectivity index (χ0) is 30.7. The molecule has 0 saturated carbocycles. The summed E-state index contributed by atoms with van der Waals surface area (Å²) in [5.74, 6) is -0.222. The molecule has 0 spiro atoms. The van der Waals surface area contributed by atoms with Crippen LogP contribution in [-0.4, -0.2) is 115 Å². The largest absolute Gasteiger partial charge is 0.379 e. The van der Waals surface area contributed by atoms with E-state index in [1.54, 1.807) is 6.92 Å². The average Bonchev–Trinajstić information content (AvgIpc) is 3.33. The summed E-state index contributed by atoms with van der Waals surface area (Å²) in [6.07, 6.45) is 2.67. The molecular formula is C28H37N7O8. The monoisotopic (exact) mass is 599 g/mol. The fourth-order valence-electron chi connectivity index (χ4n) is 3.60. The van der Waals surface area contributed by atoms with E-state index in [4.69, 9.17) is 18.9 Å². The molecule has 1 aromatic heterocycles. The number of ether oxygens (including phenoxy) is 4. The lowest BCUT2D eigenvalue weighted by atomic mass is 10.1. The van der Waals surface area contributed by atoms with Crippen LogP contribution in [0.5, 0.6) is 0 Å². The van der Waals surface area contributed by atoms with Gasteiger partial charge in [0.1, 0.15) is 0 Å². The standard InChI is InChI=1S/C28H37N7O8/c1-21-31-33-28(34-32-21)23-4-2-22(3-5-23)20-30-25(37)9-12-40-14-16-42-18-19-43-17-15-41-13-10-29-24(36)8-11-35-26(38)6-7-27(35)39/h2-7H,8-20H2,1H3,(H,29,36)(H,30,37). The van der Waals surface area contributed by atoms with E-state index in [1.807, 2.05) is 24.3 Å². The van der Waals surface area contributed by atoms with E-state index in [1.165, 1.54) is 12.2 Å². The van der Waals surface area contributed by atoms with E-state index in [9.17, 15) is 19.2 Å². The molecule has 15 heteroatoms. The number of aryl methyl sites for hydroxylation is 1. The third-order valence-corrected chi connectivity index (χ3v) is 5.90. The van der Waals surface area contributed by atoms with Crippen LogP contribution in [0.1, 0.15) is 24.2 Å². The molecule has 0 fully saturated rings. The van der Waals surface area contributed by atoms with Crippen LogP contribution >= 0.6 is 0 Å². The second-order valence-corrected chi connectivity index (χ2v) is 9.21. The highest BCUT2D eigenvalue weighted by atomic mass is 16.6. The van der Waals surface area contributed by atoms with E-state index in [0.717, 1.165) is 16.0 Å².